The molecular formula is C20H15BrFNO2S. The molecule has 2 heterocycles. The van der Waals surface area contributed by atoms with Crippen molar-refractivity contribution in [3.05, 3.63) is 68.6 Å². The van der Waals surface area contributed by atoms with Gasteiger partial charge >= 0.3 is 0 Å². The molecule has 26 heavy (non-hydrogen) atoms. The van der Waals surface area contributed by atoms with Gasteiger partial charge in [0, 0.05) is 32.6 Å². The SMILES string of the molecule is COc1ccc(-c2csc3c2NC(=O)C[C@H]3c2cc(Br)ccc2F)cc1. The Balaban J connectivity index is 1.81. The summed E-state index contributed by atoms with van der Waals surface area (Å²) in [6, 6.07) is 12.5. The molecule has 0 radical (unpaired) electrons. The van der Waals surface area contributed by atoms with E-state index < -0.39 is 0 Å². The van der Waals surface area contributed by atoms with Crippen molar-refractivity contribution in [2.45, 2.75) is 12.3 Å². The van der Waals surface area contributed by atoms with E-state index in [2.05, 4.69) is 21.2 Å². The Morgan fingerprint density at radius 2 is 2.00 bits per heavy atom. The lowest BCUT2D eigenvalue weighted by Crippen LogP contribution is -2.23. The Morgan fingerprint density at radius 3 is 2.73 bits per heavy atom. The van der Waals surface area contributed by atoms with Crippen LogP contribution < -0.4 is 10.1 Å². The van der Waals surface area contributed by atoms with Crippen LogP contribution in [0.4, 0.5) is 10.1 Å². The summed E-state index contributed by atoms with van der Waals surface area (Å²) in [6.07, 6.45) is 0.239. The van der Waals surface area contributed by atoms with Crippen LogP contribution in [0.1, 0.15) is 22.8 Å². The highest BCUT2D eigenvalue weighted by atomic mass is 79.9. The van der Waals surface area contributed by atoms with E-state index in [1.165, 1.54) is 6.07 Å². The third-order valence-corrected chi connectivity index (χ3v) is 6.11. The molecule has 0 fully saturated rings. The number of hydrogen-bond donors (Lipinski definition) is 1. The van der Waals surface area contributed by atoms with Crippen LogP contribution in [0.15, 0.2) is 52.3 Å². The molecule has 0 bridgehead atoms. The summed E-state index contributed by atoms with van der Waals surface area (Å²) < 4.78 is 20.4. The van der Waals surface area contributed by atoms with Crippen LogP contribution in [0.25, 0.3) is 11.1 Å². The van der Waals surface area contributed by atoms with Crippen molar-refractivity contribution in [2.75, 3.05) is 12.4 Å². The molecule has 2 aromatic carbocycles. The van der Waals surface area contributed by atoms with E-state index in [4.69, 9.17) is 4.74 Å². The van der Waals surface area contributed by atoms with Gasteiger partial charge in [-0.2, -0.15) is 0 Å². The third-order valence-electron chi connectivity index (χ3n) is 4.52. The van der Waals surface area contributed by atoms with Gasteiger partial charge in [-0.25, -0.2) is 4.39 Å². The van der Waals surface area contributed by atoms with E-state index in [0.29, 0.717) is 5.56 Å². The van der Waals surface area contributed by atoms with Crippen LogP contribution in [0, 0.1) is 5.82 Å². The summed E-state index contributed by atoms with van der Waals surface area (Å²) in [5.41, 5.74) is 3.25. The lowest BCUT2D eigenvalue weighted by Gasteiger charge is -2.24. The number of anilines is 1. The fraction of sp³-hybridized carbons (Fsp3) is 0.150. The first-order valence-corrected chi connectivity index (χ1v) is 9.74. The maximum atomic E-state index is 14.4. The first-order valence-electron chi connectivity index (χ1n) is 8.07. The minimum atomic E-state index is -0.293. The largest absolute Gasteiger partial charge is 0.497 e. The van der Waals surface area contributed by atoms with E-state index in [9.17, 15) is 9.18 Å². The Labute approximate surface area is 162 Å². The maximum absolute atomic E-state index is 14.4. The van der Waals surface area contributed by atoms with E-state index in [1.54, 1.807) is 30.6 Å². The smallest absolute Gasteiger partial charge is 0.225 e. The average molecular weight is 432 g/mol. The first-order chi connectivity index (χ1) is 12.6. The van der Waals surface area contributed by atoms with E-state index in [1.807, 2.05) is 29.6 Å². The second-order valence-corrected chi connectivity index (χ2v) is 7.91. The predicted octanol–water partition coefficient (Wildman–Crippen LogP) is 5.80. The van der Waals surface area contributed by atoms with Crippen LogP contribution in [-0.4, -0.2) is 13.0 Å². The zero-order valence-corrected chi connectivity index (χ0v) is 16.3. The van der Waals surface area contributed by atoms with E-state index in [-0.39, 0.29) is 24.1 Å². The summed E-state index contributed by atoms with van der Waals surface area (Å²) in [7, 11) is 1.62. The number of carbonyl (C=O) groups is 1. The Bertz CT molecular complexity index is 984. The Hall–Kier alpha value is -2.18. The standard InChI is InChI=1S/C20H15BrFNO2S/c1-25-13-5-2-11(3-6-13)16-10-26-20-15(9-18(24)23-19(16)20)14-8-12(21)4-7-17(14)22/h2-8,10,15H,9H2,1H3,(H,23,24)/t15-/m0/s1. The monoisotopic (exact) mass is 431 g/mol. The molecular weight excluding hydrogens is 417 g/mol. The molecule has 1 atom stereocenters. The molecule has 0 saturated heterocycles. The summed E-state index contributed by atoms with van der Waals surface area (Å²) in [5, 5.41) is 4.99. The molecule has 132 valence electrons. The summed E-state index contributed by atoms with van der Waals surface area (Å²) in [5.74, 6) is 0.0949. The quantitative estimate of drug-likeness (QED) is 0.568. The highest BCUT2D eigenvalue weighted by Gasteiger charge is 2.32. The van der Waals surface area contributed by atoms with Crippen molar-refractivity contribution in [2.24, 2.45) is 0 Å². The van der Waals surface area contributed by atoms with Crippen molar-refractivity contribution in [3.63, 3.8) is 0 Å². The van der Waals surface area contributed by atoms with Gasteiger partial charge in [0.25, 0.3) is 0 Å². The van der Waals surface area contributed by atoms with Crippen molar-refractivity contribution >= 4 is 38.9 Å². The minimum Gasteiger partial charge on any atom is -0.497 e. The minimum absolute atomic E-state index is 0.102. The fourth-order valence-corrected chi connectivity index (χ4v) is 4.77. The molecule has 0 spiro atoms. The van der Waals surface area contributed by atoms with Gasteiger partial charge in [-0.3, -0.25) is 4.79 Å². The number of carbonyl (C=O) groups excluding carboxylic acids is 1. The van der Waals surface area contributed by atoms with Gasteiger partial charge in [0.05, 0.1) is 12.8 Å². The number of methoxy groups -OCH3 is 1. The zero-order valence-electron chi connectivity index (χ0n) is 13.9. The molecule has 3 nitrogen and oxygen atoms in total. The maximum Gasteiger partial charge on any atom is 0.225 e. The lowest BCUT2D eigenvalue weighted by molar-refractivity contribution is -0.116. The predicted molar refractivity (Wildman–Crippen MR) is 105 cm³/mol. The molecule has 1 N–H and O–H groups in total. The molecule has 0 unspecified atom stereocenters. The van der Waals surface area contributed by atoms with Crippen molar-refractivity contribution in [3.8, 4) is 16.9 Å². The number of nitrogens with one attached hydrogen (secondary N) is 1. The third kappa shape index (κ3) is 3.04. The van der Waals surface area contributed by atoms with Gasteiger partial charge in [-0.1, -0.05) is 28.1 Å². The number of benzene rings is 2. The van der Waals surface area contributed by atoms with E-state index in [0.717, 1.165) is 31.9 Å². The van der Waals surface area contributed by atoms with Gasteiger partial charge in [-0.15, -0.1) is 11.3 Å². The van der Waals surface area contributed by atoms with Gasteiger partial charge < -0.3 is 10.1 Å². The Morgan fingerprint density at radius 1 is 1.23 bits per heavy atom. The van der Waals surface area contributed by atoms with Crippen LogP contribution in [0.5, 0.6) is 5.75 Å². The average Bonchev–Trinajstić information content (AvgIpc) is 3.07. The number of amides is 1. The van der Waals surface area contributed by atoms with Gasteiger partial charge in [0.15, 0.2) is 0 Å². The highest BCUT2D eigenvalue weighted by Crippen LogP contribution is 2.47. The van der Waals surface area contributed by atoms with E-state index >= 15 is 0 Å². The van der Waals surface area contributed by atoms with Crippen LogP contribution in [0.3, 0.4) is 0 Å². The van der Waals surface area contributed by atoms with Gasteiger partial charge in [0.2, 0.25) is 5.91 Å². The molecule has 0 saturated carbocycles. The molecule has 3 aromatic rings. The summed E-state index contributed by atoms with van der Waals surface area (Å²) in [4.78, 5) is 13.3. The zero-order chi connectivity index (χ0) is 18.3. The topological polar surface area (TPSA) is 38.3 Å². The van der Waals surface area contributed by atoms with Gasteiger partial charge in [0.1, 0.15) is 11.6 Å². The summed E-state index contributed by atoms with van der Waals surface area (Å²) >= 11 is 4.95. The van der Waals surface area contributed by atoms with Crippen molar-refractivity contribution in [1.82, 2.24) is 0 Å². The van der Waals surface area contributed by atoms with Crippen molar-refractivity contribution < 1.29 is 13.9 Å². The number of hydrogen-bond acceptors (Lipinski definition) is 3. The summed E-state index contributed by atoms with van der Waals surface area (Å²) in [6.45, 7) is 0. The second-order valence-electron chi connectivity index (χ2n) is 6.09. The first kappa shape index (κ1) is 17.2. The van der Waals surface area contributed by atoms with Crippen LogP contribution in [-0.2, 0) is 4.79 Å². The molecule has 4 rings (SSSR count). The lowest BCUT2D eigenvalue weighted by atomic mass is 9.89. The molecule has 1 aliphatic rings. The second kappa shape index (κ2) is 6.85. The number of ether oxygens (including phenoxy) is 1. The number of thiophene rings is 1. The van der Waals surface area contributed by atoms with Crippen LogP contribution in [0.2, 0.25) is 0 Å². The molecule has 0 aliphatic carbocycles. The number of fused-ring (bicyclic) bond motifs is 1. The normalized spacial score (nSPS) is 16.1. The highest BCUT2D eigenvalue weighted by molar-refractivity contribution is 9.10. The van der Waals surface area contributed by atoms with Crippen LogP contribution >= 0.6 is 27.3 Å². The molecule has 1 amide bonds. The fourth-order valence-electron chi connectivity index (χ4n) is 3.24. The molecule has 1 aliphatic heterocycles. The number of rotatable bonds is 3. The Kier molecular flexibility index (Phi) is 4.54. The molecule has 1 aromatic heterocycles. The van der Waals surface area contributed by atoms with Gasteiger partial charge in [-0.05, 0) is 41.5 Å². The number of halogens is 2. The molecule has 6 heteroatoms. The van der Waals surface area contributed by atoms with Crippen molar-refractivity contribution in [1.29, 1.82) is 0 Å².